The highest BCUT2D eigenvalue weighted by atomic mass is 32.2. The molecule has 1 aromatic rings. The zero-order valence-electron chi connectivity index (χ0n) is 12.8. The first-order chi connectivity index (χ1) is 9.32. The Morgan fingerprint density at radius 1 is 1.10 bits per heavy atom. The van der Waals surface area contributed by atoms with Gasteiger partial charge in [-0.3, -0.25) is 0 Å². The highest BCUT2D eigenvalue weighted by molar-refractivity contribution is 7.89. The van der Waals surface area contributed by atoms with Crippen molar-refractivity contribution in [3.05, 3.63) is 29.3 Å². The maximum Gasteiger partial charge on any atom is 0.243 e. The van der Waals surface area contributed by atoms with Gasteiger partial charge >= 0.3 is 0 Å². The summed E-state index contributed by atoms with van der Waals surface area (Å²) in [5.41, 5.74) is 2.14. The topological polar surface area (TPSA) is 40.6 Å². The molecule has 20 heavy (non-hydrogen) atoms. The highest BCUT2D eigenvalue weighted by Gasteiger charge is 2.30. The first-order valence-corrected chi connectivity index (χ1v) is 8.50. The highest BCUT2D eigenvalue weighted by Crippen LogP contribution is 2.23. The molecule has 1 aliphatic rings. The van der Waals surface area contributed by atoms with Gasteiger partial charge < -0.3 is 4.90 Å². The molecule has 0 atom stereocenters. The van der Waals surface area contributed by atoms with E-state index in [4.69, 9.17) is 0 Å². The van der Waals surface area contributed by atoms with Gasteiger partial charge in [-0.2, -0.15) is 4.31 Å². The van der Waals surface area contributed by atoms with Gasteiger partial charge in [-0.05, 0) is 64.0 Å². The quantitative estimate of drug-likeness (QED) is 0.857. The zero-order valence-corrected chi connectivity index (χ0v) is 13.6. The molecule has 0 saturated carbocycles. The molecule has 1 fully saturated rings. The lowest BCUT2D eigenvalue weighted by molar-refractivity contribution is 0.196. The van der Waals surface area contributed by atoms with Crippen LogP contribution in [0, 0.1) is 13.8 Å². The van der Waals surface area contributed by atoms with Crippen molar-refractivity contribution in [2.75, 3.05) is 27.2 Å². The number of hydrogen-bond acceptors (Lipinski definition) is 3. The van der Waals surface area contributed by atoms with Crippen molar-refractivity contribution in [1.29, 1.82) is 0 Å². The van der Waals surface area contributed by atoms with Crippen LogP contribution in [0.15, 0.2) is 23.1 Å². The average Bonchev–Trinajstić information content (AvgIpc) is 2.41. The first-order valence-electron chi connectivity index (χ1n) is 7.06. The molecule has 0 aliphatic carbocycles. The Bertz CT molecular complexity index is 574. The van der Waals surface area contributed by atoms with Gasteiger partial charge in [0.15, 0.2) is 0 Å². The molecule has 0 unspecified atom stereocenters. The van der Waals surface area contributed by atoms with Crippen LogP contribution >= 0.6 is 0 Å². The van der Waals surface area contributed by atoms with Crippen LogP contribution < -0.4 is 0 Å². The number of nitrogens with zero attached hydrogens (tertiary/aromatic N) is 2. The van der Waals surface area contributed by atoms with Gasteiger partial charge in [0.05, 0.1) is 4.90 Å². The summed E-state index contributed by atoms with van der Waals surface area (Å²) < 4.78 is 26.9. The van der Waals surface area contributed by atoms with E-state index in [1.165, 1.54) is 0 Å². The van der Waals surface area contributed by atoms with Crippen molar-refractivity contribution >= 4 is 10.0 Å². The monoisotopic (exact) mass is 296 g/mol. The summed E-state index contributed by atoms with van der Waals surface area (Å²) in [6, 6.07) is 5.87. The Morgan fingerprint density at radius 3 is 2.20 bits per heavy atom. The number of sulfonamides is 1. The molecule has 1 saturated heterocycles. The van der Waals surface area contributed by atoms with Crippen LogP contribution in [0.3, 0.4) is 0 Å². The van der Waals surface area contributed by atoms with Crippen molar-refractivity contribution in [2.24, 2.45) is 0 Å². The molecular formula is C15H24N2O2S. The molecule has 0 spiro atoms. The molecule has 0 bridgehead atoms. The molecule has 0 radical (unpaired) electrons. The minimum Gasteiger partial charge on any atom is -0.306 e. The van der Waals surface area contributed by atoms with Crippen molar-refractivity contribution in [3.63, 3.8) is 0 Å². The second-order valence-electron chi connectivity index (χ2n) is 5.84. The molecule has 5 heteroatoms. The molecule has 0 N–H and O–H groups in total. The second-order valence-corrected chi connectivity index (χ2v) is 7.78. The SMILES string of the molecule is Cc1ccc(S(=O)(=O)N2CCC(N(C)C)CC2)cc1C. The van der Waals surface area contributed by atoms with Gasteiger partial charge in [0, 0.05) is 19.1 Å². The lowest BCUT2D eigenvalue weighted by Gasteiger charge is -2.34. The van der Waals surface area contributed by atoms with Crippen molar-refractivity contribution in [2.45, 2.75) is 37.6 Å². The summed E-state index contributed by atoms with van der Waals surface area (Å²) in [6.45, 7) is 5.16. The van der Waals surface area contributed by atoms with E-state index in [0.29, 0.717) is 24.0 Å². The van der Waals surface area contributed by atoms with Gasteiger partial charge in [0.25, 0.3) is 0 Å². The Morgan fingerprint density at radius 2 is 1.70 bits per heavy atom. The predicted octanol–water partition coefficient (Wildman–Crippen LogP) is 2.02. The van der Waals surface area contributed by atoms with E-state index >= 15 is 0 Å². The Kier molecular flexibility index (Phi) is 4.52. The first kappa shape index (κ1) is 15.5. The third-order valence-electron chi connectivity index (χ3n) is 4.27. The summed E-state index contributed by atoms with van der Waals surface area (Å²) in [4.78, 5) is 2.60. The fourth-order valence-corrected chi connectivity index (χ4v) is 4.18. The smallest absolute Gasteiger partial charge is 0.243 e. The minimum atomic E-state index is -3.34. The summed E-state index contributed by atoms with van der Waals surface area (Å²) in [5.74, 6) is 0. The molecule has 0 amide bonds. The van der Waals surface area contributed by atoms with Crippen LogP contribution in [0.2, 0.25) is 0 Å². The normalized spacial score (nSPS) is 18.6. The second kappa shape index (κ2) is 5.84. The van der Waals surface area contributed by atoms with E-state index in [0.717, 1.165) is 24.0 Å². The summed E-state index contributed by atoms with van der Waals surface area (Å²) in [7, 11) is 0.772. The largest absolute Gasteiger partial charge is 0.306 e. The van der Waals surface area contributed by atoms with Gasteiger partial charge in [-0.25, -0.2) is 8.42 Å². The van der Waals surface area contributed by atoms with E-state index in [-0.39, 0.29) is 0 Å². The van der Waals surface area contributed by atoms with Crippen LogP contribution in [0.25, 0.3) is 0 Å². The van der Waals surface area contributed by atoms with Crippen LogP contribution in [-0.4, -0.2) is 50.8 Å². The van der Waals surface area contributed by atoms with E-state index in [2.05, 4.69) is 19.0 Å². The predicted molar refractivity (Wildman–Crippen MR) is 81.4 cm³/mol. The lowest BCUT2D eigenvalue weighted by Crippen LogP contribution is -2.44. The molecule has 2 rings (SSSR count). The molecular weight excluding hydrogens is 272 g/mol. The lowest BCUT2D eigenvalue weighted by atomic mass is 10.1. The molecule has 112 valence electrons. The van der Waals surface area contributed by atoms with Crippen molar-refractivity contribution in [3.8, 4) is 0 Å². The molecule has 1 aromatic carbocycles. The van der Waals surface area contributed by atoms with Crippen LogP contribution in [0.4, 0.5) is 0 Å². The summed E-state index contributed by atoms with van der Waals surface area (Å²) in [6.07, 6.45) is 1.80. The standard InChI is InChI=1S/C15H24N2O2S/c1-12-5-6-15(11-13(12)2)20(18,19)17-9-7-14(8-10-17)16(3)4/h5-6,11,14H,7-10H2,1-4H3. The van der Waals surface area contributed by atoms with Crippen LogP contribution in [0.5, 0.6) is 0 Å². The summed E-state index contributed by atoms with van der Waals surface area (Å²) >= 11 is 0. The number of piperidine rings is 1. The Hall–Kier alpha value is -0.910. The fraction of sp³-hybridized carbons (Fsp3) is 0.600. The fourth-order valence-electron chi connectivity index (χ4n) is 2.62. The number of benzene rings is 1. The third kappa shape index (κ3) is 3.05. The molecule has 1 aliphatic heterocycles. The van der Waals surface area contributed by atoms with Gasteiger partial charge in [0.1, 0.15) is 0 Å². The third-order valence-corrected chi connectivity index (χ3v) is 6.16. The van der Waals surface area contributed by atoms with Crippen LogP contribution in [0.1, 0.15) is 24.0 Å². The maximum absolute atomic E-state index is 12.6. The molecule has 4 nitrogen and oxygen atoms in total. The average molecular weight is 296 g/mol. The molecule has 1 heterocycles. The molecule has 0 aromatic heterocycles. The zero-order chi connectivity index (χ0) is 14.9. The van der Waals surface area contributed by atoms with Crippen molar-refractivity contribution < 1.29 is 8.42 Å². The maximum atomic E-state index is 12.6. The van der Waals surface area contributed by atoms with E-state index in [9.17, 15) is 8.42 Å². The Labute approximate surface area is 122 Å². The minimum absolute atomic E-state index is 0.420. The number of aryl methyl sites for hydroxylation is 2. The van der Waals surface area contributed by atoms with Crippen LogP contribution in [-0.2, 0) is 10.0 Å². The van der Waals surface area contributed by atoms with E-state index in [1.807, 2.05) is 19.9 Å². The van der Waals surface area contributed by atoms with E-state index < -0.39 is 10.0 Å². The summed E-state index contributed by atoms with van der Waals surface area (Å²) in [5, 5.41) is 0. The number of hydrogen-bond donors (Lipinski definition) is 0. The number of rotatable bonds is 3. The van der Waals surface area contributed by atoms with Gasteiger partial charge in [-0.15, -0.1) is 0 Å². The van der Waals surface area contributed by atoms with E-state index in [1.54, 1.807) is 16.4 Å². The van der Waals surface area contributed by atoms with Crippen molar-refractivity contribution in [1.82, 2.24) is 9.21 Å². The Balaban J connectivity index is 2.17. The van der Waals surface area contributed by atoms with Gasteiger partial charge in [-0.1, -0.05) is 6.07 Å². The van der Waals surface area contributed by atoms with Gasteiger partial charge in [0.2, 0.25) is 10.0 Å².